The predicted molar refractivity (Wildman–Crippen MR) is 87.5 cm³/mol. The molecule has 116 valence electrons. The van der Waals surface area contributed by atoms with Gasteiger partial charge in [-0.2, -0.15) is 0 Å². The summed E-state index contributed by atoms with van der Waals surface area (Å²) in [6.07, 6.45) is 5.66. The van der Waals surface area contributed by atoms with Gasteiger partial charge in [-0.15, -0.1) is 24.8 Å². The first-order chi connectivity index (χ1) is 8.61. The van der Waals surface area contributed by atoms with Crippen LogP contribution in [0.15, 0.2) is 24.5 Å². The minimum Gasteiger partial charge on any atom is -0.352 e. The average Bonchev–Trinajstić information content (AvgIpc) is 2.36. The van der Waals surface area contributed by atoms with E-state index < -0.39 is 0 Å². The first-order valence-electron chi connectivity index (χ1n) is 6.50. The van der Waals surface area contributed by atoms with Crippen LogP contribution in [0.5, 0.6) is 0 Å². The van der Waals surface area contributed by atoms with Crippen LogP contribution in [-0.4, -0.2) is 23.5 Å². The topological polar surface area (TPSA) is 68.0 Å². The Morgan fingerprint density at radius 1 is 1.30 bits per heavy atom. The van der Waals surface area contributed by atoms with Crippen LogP contribution in [0.2, 0.25) is 0 Å². The highest BCUT2D eigenvalue weighted by Gasteiger charge is 2.12. The molecule has 0 aliphatic carbocycles. The number of amides is 1. The van der Waals surface area contributed by atoms with E-state index in [2.05, 4.69) is 24.1 Å². The number of hydrogen-bond donors (Lipinski definition) is 2. The van der Waals surface area contributed by atoms with Gasteiger partial charge in [-0.1, -0.05) is 13.8 Å². The van der Waals surface area contributed by atoms with E-state index in [9.17, 15) is 4.79 Å². The number of carbonyl (C=O) groups excluding carboxylic acids is 1. The van der Waals surface area contributed by atoms with E-state index in [1.54, 1.807) is 12.4 Å². The van der Waals surface area contributed by atoms with Crippen LogP contribution in [-0.2, 0) is 11.2 Å². The highest BCUT2D eigenvalue weighted by atomic mass is 35.5. The Hall–Kier alpha value is -0.840. The van der Waals surface area contributed by atoms with Gasteiger partial charge in [-0.3, -0.25) is 9.78 Å². The van der Waals surface area contributed by atoms with Gasteiger partial charge < -0.3 is 11.1 Å². The quantitative estimate of drug-likeness (QED) is 0.810. The molecule has 20 heavy (non-hydrogen) atoms. The SMILES string of the molecule is CC(C)CC(CN)NC(=O)CCc1ccncc1.Cl.Cl. The summed E-state index contributed by atoms with van der Waals surface area (Å²) in [5, 5.41) is 2.99. The smallest absolute Gasteiger partial charge is 0.220 e. The van der Waals surface area contributed by atoms with E-state index in [1.165, 1.54) is 0 Å². The number of aromatic nitrogens is 1. The minimum absolute atomic E-state index is 0. The maximum Gasteiger partial charge on any atom is 0.220 e. The van der Waals surface area contributed by atoms with Crippen LogP contribution < -0.4 is 11.1 Å². The molecule has 4 nitrogen and oxygen atoms in total. The molecule has 0 aliphatic rings. The van der Waals surface area contributed by atoms with Crippen LogP contribution >= 0.6 is 24.8 Å². The molecule has 1 atom stereocenters. The van der Waals surface area contributed by atoms with E-state index in [-0.39, 0.29) is 36.8 Å². The van der Waals surface area contributed by atoms with Crippen LogP contribution in [0, 0.1) is 5.92 Å². The van der Waals surface area contributed by atoms with E-state index in [0.717, 1.165) is 18.4 Å². The molecule has 0 radical (unpaired) electrons. The molecule has 0 saturated carbocycles. The summed E-state index contributed by atoms with van der Waals surface area (Å²) >= 11 is 0. The second-order valence-corrected chi connectivity index (χ2v) is 4.99. The van der Waals surface area contributed by atoms with Crippen molar-refractivity contribution >= 4 is 30.7 Å². The number of hydrogen-bond acceptors (Lipinski definition) is 3. The average molecular weight is 322 g/mol. The summed E-state index contributed by atoms with van der Waals surface area (Å²) in [4.78, 5) is 15.7. The third-order valence-corrected chi connectivity index (χ3v) is 2.80. The highest BCUT2D eigenvalue weighted by Crippen LogP contribution is 2.05. The minimum atomic E-state index is 0. The molecule has 1 amide bonds. The standard InChI is InChI=1S/C14H23N3O.2ClH/c1-11(2)9-13(10-15)17-14(18)4-3-12-5-7-16-8-6-12;;/h5-8,11,13H,3-4,9-10,15H2,1-2H3,(H,17,18);2*1H. The van der Waals surface area contributed by atoms with Gasteiger partial charge >= 0.3 is 0 Å². The van der Waals surface area contributed by atoms with Crippen LogP contribution in [0.4, 0.5) is 0 Å². The number of aryl methyl sites for hydroxylation is 1. The molecule has 0 aliphatic heterocycles. The van der Waals surface area contributed by atoms with Crippen molar-refractivity contribution in [1.82, 2.24) is 10.3 Å². The molecule has 1 heterocycles. The highest BCUT2D eigenvalue weighted by molar-refractivity contribution is 5.85. The molecule has 1 rings (SSSR count). The molecular formula is C14H25Cl2N3O. The molecule has 3 N–H and O–H groups in total. The van der Waals surface area contributed by atoms with Crippen LogP contribution in [0.25, 0.3) is 0 Å². The number of halogens is 2. The van der Waals surface area contributed by atoms with Crippen LogP contribution in [0.1, 0.15) is 32.3 Å². The third-order valence-electron chi connectivity index (χ3n) is 2.80. The first-order valence-corrected chi connectivity index (χ1v) is 6.50. The number of nitrogens with one attached hydrogen (secondary N) is 1. The molecule has 1 unspecified atom stereocenters. The number of rotatable bonds is 7. The van der Waals surface area contributed by atoms with Crippen molar-refractivity contribution in [2.45, 2.75) is 39.2 Å². The van der Waals surface area contributed by atoms with Crippen molar-refractivity contribution in [3.05, 3.63) is 30.1 Å². The van der Waals surface area contributed by atoms with Crippen molar-refractivity contribution in [1.29, 1.82) is 0 Å². The van der Waals surface area contributed by atoms with E-state index in [1.807, 2.05) is 12.1 Å². The fraction of sp³-hybridized carbons (Fsp3) is 0.571. The number of carbonyl (C=O) groups is 1. The van der Waals surface area contributed by atoms with Crippen molar-refractivity contribution < 1.29 is 4.79 Å². The molecular weight excluding hydrogens is 297 g/mol. The molecule has 0 fully saturated rings. The monoisotopic (exact) mass is 321 g/mol. The largest absolute Gasteiger partial charge is 0.352 e. The van der Waals surface area contributed by atoms with E-state index >= 15 is 0 Å². The Morgan fingerprint density at radius 3 is 2.40 bits per heavy atom. The number of nitrogens with two attached hydrogens (primary N) is 1. The number of pyridine rings is 1. The van der Waals surface area contributed by atoms with Crippen molar-refractivity contribution in [2.24, 2.45) is 11.7 Å². The van der Waals surface area contributed by atoms with Crippen molar-refractivity contribution in [2.75, 3.05) is 6.54 Å². The summed E-state index contributed by atoms with van der Waals surface area (Å²) in [5.74, 6) is 0.613. The van der Waals surface area contributed by atoms with E-state index in [4.69, 9.17) is 5.73 Å². The van der Waals surface area contributed by atoms with E-state index in [0.29, 0.717) is 18.9 Å². The second kappa shape index (κ2) is 11.9. The summed E-state index contributed by atoms with van der Waals surface area (Å²) in [6.45, 7) is 4.76. The lowest BCUT2D eigenvalue weighted by Gasteiger charge is -2.18. The molecule has 0 aromatic carbocycles. The van der Waals surface area contributed by atoms with Gasteiger partial charge in [-0.05, 0) is 36.5 Å². The first kappa shape index (κ1) is 21.5. The summed E-state index contributed by atoms with van der Waals surface area (Å²) < 4.78 is 0. The Morgan fingerprint density at radius 2 is 1.90 bits per heavy atom. The fourth-order valence-electron chi connectivity index (χ4n) is 1.89. The number of nitrogens with zero attached hydrogens (tertiary/aromatic N) is 1. The lowest BCUT2D eigenvalue weighted by molar-refractivity contribution is -0.121. The lowest BCUT2D eigenvalue weighted by atomic mass is 10.0. The molecule has 0 bridgehead atoms. The zero-order valence-corrected chi connectivity index (χ0v) is 13.7. The van der Waals surface area contributed by atoms with Crippen molar-refractivity contribution in [3.8, 4) is 0 Å². The Kier molecular flexibility index (Phi) is 12.8. The molecule has 0 saturated heterocycles. The van der Waals surface area contributed by atoms with Gasteiger partial charge in [0.15, 0.2) is 0 Å². The Bertz CT molecular complexity index is 361. The van der Waals surface area contributed by atoms with Crippen LogP contribution in [0.3, 0.4) is 0 Å². The van der Waals surface area contributed by atoms with Gasteiger partial charge in [0.25, 0.3) is 0 Å². The molecule has 0 spiro atoms. The van der Waals surface area contributed by atoms with Gasteiger partial charge in [0.1, 0.15) is 0 Å². The maximum atomic E-state index is 11.8. The summed E-state index contributed by atoms with van der Waals surface area (Å²) in [6, 6.07) is 3.96. The maximum absolute atomic E-state index is 11.8. The predicted octanol–water partition coefficient (Wildman–Crippen LogP) is 2.35. The van der Waals surface area contributed by atoms with Gasteiger partial charge in [-0.25, -0.2) is 0 Å². The third kappa shape index (κ3) is 9.13. The second-order valence-electron chi connectivity index (χ2n) is 4.99. The Balaban J connectivity index is 0. The molecule has 6 heteroatoms. The zero-order chi connectivity index (χ0) is 13.4. The van der Waals surface area contributed by atoms with Crippen molar-refractivity contribution in [3.63, 3.8) is 0 Å². The summed E-state index contributed by atoms with van der Waals surface area (Å²) in [5.41, 5.74) is 6.79. The van der Waals surface area contributed by atoms with Gasteiger partial charge in [0.2, 0.25) is 5.91 Å². The van der Waals surface area contributed by atoms with Gasteiger partial charge in [0, 0.05) is 31.4 Å². The zero-order valence-electron chi connectivity index (χ0n) is 12.0. The van der Waals surface area contributed by atoms with Gasteiger partial charge in [0.05, 0.1) is 0 Å². The Labute approximate surface area is 133 Å². The molecule has 1 aromatic heterocycles. The fourth-order valence-corrected chi connectivity index (χ4v) is 1.89. The molecule has 1 aromatic rings. The normalized spacial score (nSPS) is 11.2. The lowest BCUT2D eigenvalue weighted by Crippen LogP contribution is -2.41. The summed E-state index contributed by atoms with van der Waals surface area (Å²) in [7, 11) is 0.